The van der Waals surface area contributed by atoms with E-state index in [1.165, 1.54) is 4.31 Å². The Balaban J connectivity index is 1.81. The minimum absolute atomic E-state index is 0.135. The summed E-state index contributed by atoms with van der Waals surface area (Å²) in [6.07, 6.45) is 1.11. The Morgan fingerprint density at radius 3 is 2.37 bits per heavy atom. The van der Waals surface area contributed by atoms with Crippen LogP contribution in [0.4, 0.5) is 0 Å². The van der Waals surface area contributed by atoms with Crippen molar-refractivity contribution in [3.8, 4) is 0 Å². The zero-order valence-electron chi connectivity index (χ0n) is 17.2. The van der Waals surface area contributed by atoms with Gasteiger partial charge < -0.3 is 4.57 Å². The molecule has 0 bridgehead atoms. The molecule has 0 fully saturated rings. The Morgan fingerprint density at radius 1 is 1.03 bits per heavy atom. The molecule has 160 valence electrons. The molecule has 1 N–H and O–H groups in total. The summed E-state index contributed by atoms with van der Waals surface area (Å²) in [6, 6.07) is 14.6. The Bertz CT molecular complexity index is 1310. The molecule has 0 aliphatic carbocycles. The molecule has 2 heterocycles. The van der Waals surface area contributed by atoms with Crippen LogP contribution < -0.4 is 4.72 Å². The van der Waals surface area contributed by atoms with Gasteiger partial charge >= 0.3 is 0 Å². The standard InChI is InChI=1S/C21H25N3O4S2/c1-15-8-10-17(11-9-15)30(27,28)24-13-16(12-22-29(3,25)26)21-19(14-24)18-6-4-5-7-20(18)23(21)2/h4-11,16,22H,12-14H2,1-3H3. The van der Waals surface area contributed by atoms with Crippen LogP contribution in [-0.2, 0) is 33.6 Å². The summed E-state index contributed by atoms with van der Waals surface area (Å²) in [4.78, 5) is 0.242. The average Bonchev–Trinajstić information content (AvgIpc) is 2.99. The summed E-state index contributed by atoms with van der Waals surface area (Å²) in [6.45, 7) is 2.50. The number of aryl methyl sites for hydroxylation is 2. The number of rotatable bonds is 5. The summed E-state index contributed by atoms with van der Waals surface area (Å²) >= 11 is 0. The first-order valence-electron chi connectivity index (χ1n) is 9.65. The zero-order valence-corrected chi connectivity index (χ0v) is 18.8. The van der Waals surface area contributed by atoms with Crippen molar-refractivity contribution in [3.05, 3.63) is 65.4 Å². The van der Waals surface area contributed by atoms with Gasteiger partial charge in [-0.3, -0.25) is 0 Å². The molecule has 1 atom stereocenters. The molecule has 1 unspecified atom stereocenters. The molecule has 0 radical (unpaired) electrons. The van der Waals surface area contributed by atoms with Crippen LogP contribution in [0.25, 0.3) is 10.9 Å². The lowest BCUT2D eigenvalue weighted by Gasteiger charge is -2.33. The molecule has 1 aliphatic rings. The lowest BCUT2D eigenvalue weighted by molar-refractivity contribution is 0.347. The number of sulfonamides is 2. The van der Waals surface area contributed by atoms with Crippen molar-refractivity contribution in [1.29, 1.82) is 0 Å². The van der Waals surface area contributed by atoms with Crippen LogP contribution >= 0.6 is 0 Å². The number of aromatic nitrogens is 1. The van der Waals surface area contributed by atoms with Crippen LogP contribution in [0, 0.1) is 6.92 Å². The van der Waals surface area contributed by atoms with E-state index in [0.29, 0.717) is 0 Å². The van der Waals surface area contributed by atoms with Crippen molar-refractivity contribution in [3.63, 3.8) is 0 Å². The second kappa shape index (κ2) is 7.49. The topological polar surface area (TPSA) is 88.5 Å². The van der Waals surface area contributed by atoms with Crippen LogP contribution in [0.2, 0.25) is 0 Å². The predicted molar refractivity (Wildman–Crippen MR) is 117 cm³/mol. The maximum atomic E-state index is 13.4. The van der Waals surface area contributed by atoms with Crippen LogP contribution in [0.15, 0.2) is 53.4 Å². The van der Waals surface area contributed by atoms with Crippen LogP contribution in [0.5, 0.6) is 0 Å². The Hall–Kier alpha value is -2.20. The fourth-order valence-corrected chi connectivity index (χ4v) is 6.16. The molecule has 0 saturated heterocycles. The first-order chi connectivity index (χ1) is 14.1. The normalized spacial score (nSPS) is 17.9. The third-order valence-corrected chi connectivity index (χ3v) is 8.17. The highest BCUT2D eigenvalue weighted by molar-refractivity contribution is 7.89. The highest BCUT2D eigenvalue weighted by Crippen LogP contribution is 2.37. The van der Waals surface area contributed by atoms with Gasteiger partial charge in [-0.25, -0.2) is 21.6 Å². The lowest BCUT2D eigenvalue weighted by Crippen LogP contribution is -2.42. The highest BCUT2D eigenvalue weighted by atomic mass is 32.2. The molecule has 1 aliphatic heterocycles. The number of hydrogen-bond acceptors (Lipinski definition) is 4. The van der Waals surface area contributed by atoms with Gasteiger partial charge in [0.25, 0.3) is 0 Å². The lowest BCUT2D eigenvalue weighted by atomic mass is 9.96. The van der Waals surface area contributed by atoms with Gasteiger partial charge in [-0.1, -0.05) is 35.9 Å². The summed E-state index contributed by atoms with van der Waals surface area (Å²) in [5.41, 5.74) is 3.89. The van der Waals surface area contributed by atoms with Gasteiger partial charge in [-0.05, 0) is 30.7 Å². The van der Waals surface area contributed by atoms with E-state index in [1.807, 2.05) is 38.2 Å². The quantitative estimate of drug-likeness (QED) is 0.650. The van der Waals surface area contributed by atoms with Crippen molar-refractivity contribution < 1.29 is 16.8 Å². The number of fused-ring (bicyclic) bond motifs is 3. The van der Waals surface area contributed by atoms with Gasteiger partial charge in [0.15, 0.2) is 0 Å². The van der Waals surface area contributed by atoms with Crippen molar-refractivity contribution in [2.45, 2.75) is 24.3 Å². The molecule has 0 saturated carbocycles. The van der Waals surface area contributed by atoms with E-state index in [1.54, 1.807) is 24.3 Å². The summed E-state index contributed by atoms with van der Waals surface area (Å²) in [7, 11) is -5.18. The zero-order chi connectivity index (χ0) is 21.7. The SMILES string of the molecule is Cc1ccc(S(=O)(=O)N2Cc3c(n(C)c4ccccc34)C(CNS(C)(=O)=O)C2)cc1. The van der Waals surface area contributed by atoms with Gasteiger partial charge in [0.1, 0.15) is 0 Å². The number of nitrogens with zero attached hydrogens (tertiary/aromatic N) is 2. The van der Waals surface area contributed by atoms with Crippen LogP contribution in [0.3, 0.4) is 0 Å². The number of para-hydroxylation sites is 1. The number of benzene rings is 2. The Morgan fingerprint density at radius 2 is 1.70 bits per heavy atom. The monoisotopic (exact) mass is 447 g/mol. The first kappa shape index (κ1) is 21.0. The van der Waals surface area contributed by atoms with E-state index >= 15 is 0 Å². The molecule has 30 heavy (non-hydrogen) atoms. The third kappa shape index (κ3) is 3.78. The number of hydrogen-bond donors (Lipinski definition) is 1. The maximum absolute atomic E-state index is 13.4. The number of nitrogens with one attached hydrogen (secondary N) is 1. The fraction of sp³-hybridized carbons (Fsp3) is 0.333. The summed E-state index contributed by atoms with van der Waals surface area (Å²) < 4.78 is 56.3. The molecular weight excluding hydrogens is 422 g/mol. The van der Waals surface area contributed by atoms with E-state index in [9.17, 15) is 16.8 Å². The van der Waals surface area contributed by atoms with Gasteiger partial charge in [-0.2, -0.15) is 4.31 Å². The second-order valence-electron chi connectivity index (χ2n) is 7.87. The molecular formula is C21H25N3O4S2. The van der Waals surface area contributed by atoms with Gasteiger partial charge in [0.2, 0.25) is 20.0 Å². The van der Waals surface area contributed by atoms with E-state index < -0.39 is 20.0 Å². The Labute approximate surface area is 177 Å². The van der Waals surface area contributed by atoms with Crippen LogP contribution in [0.1, 0.15) is 22.7 Å². The van der Waals surface area contributed by atoms with Gasteiger partial charge in [0.05, 0.1) is 11.2 Å². The second-order valence-corrected chi connectivity index (χ2v) is 11.6. The molecule has 2 aromatic carbocycles. The summed E-state index contributed by atoms with van der Waals surface area (Å²) in [5.74, 6) is -0.305. The molecule has 4 rings (SSSR count). The Kier molecular flexibility index (Phi) is 5.26. The average molecular weight is 448 g/mol. The molecule has 9 heteroatoms. The minimum atomic E-state index is -3.72. The highest BCUT2D eigenvalue weighted by Gasteiger charge is 2.36. The van der Waals surface area contributed by atoms with E-state index in [0.717, 1.165) is 34.0 Å². The summed E-state index contributed by atoms with van der Waals surface area (Å²) in [5, 5.41) is 0.989. The van der Waals surface area contributed by atoms with E-state index in [4.69, 9.17) is 0 Å². The van der Waals surface area contributed by atoms with Crippen molar-refractivity contribution in [2.24, 2.45) is 7.05 Å². The molecule has 0 spiro atoms. The molecule has 1 aromatic heterocycles. The van der Waals surface area contributed by atoms with Crippen molar-refractivity contribution >= 4 is 30.9 Å². The van der Waals surface area contributed by atoms with Crippen molar-refractivity contribution in [1.82, 2.24) is 13.6 Å². The van der Waals surface area contributed by atoms with Gasteiger partial charge in [0, 0.05) is 49.2 Å². The third-order valence-electron chi connectivity index (χ3n) is 5.66. The molecule has 0 amide bonds. The maximum Gasteiger partial charge on any atom is 0.243 e. The van der Waals surface area contributed by atoms with E-state index in [2.05, 4.69) is 9.29 Å². The van der Waals surface area contributed by atoms with Gasteiger partial charge in [-0.15, -0.1) is 0 Å². The molecule has 7 nitrogen and oxygen atoms in total. The fourth-order valence-electron chi connectivity index (χ4n) is 4.21. The van der Waals surface area contributed by atoms with Crippen molar-refractivity contribution in [2.75, 3.05) is 19.3 Å². The molecule has 3 aromatic rings. The smallest absolute Gasteiger partial charge is 0.243 e. The van der Waals surface area contributed by atoms with E-state index in [-0.39, 0.29) is 30.4 Å². The van der Waals surface area contributed by atoms with Crippen LogP contribution in [-0.4, -0.2) is 45.1 Å². The predicted octanol–water partition coefficient (Wildman–Crippen LogP) is 2.32. The largest absolute Gasteiger partial charge is 0.347 e. The first-order valence-corrected chi connectivity index (χ1v) is 13.0. The minimum Gasteiger partial charge on any atom is -0.347 e.